The number of aromatic nitrogens is 4. The largest absolute Gasteiger partial charge is 0.394 e. The first-order valence-electron chi connectivity index (χ1n) is 6.99. The highest BCUT2D eigenvalue weighted by Gasteiger charge is 2.35. The van der Waals surface area contributed by atoms with Gasteiger partial charge in [0.1, 0.15) is 12.3 Å². The van der Waals surface area contributed by atoms with Gasteiger partial charge in [-0.3, -0.25) is 13.9 Å². The summed E-state index contributed by atoms with van der Waals surface area (Å²) in [6.45, 7) is -0.261. The molecule has 0 aliphatic carbocycles. The van der Waals surface area contributed by atoms with Crippen molar-refractivity contribution in [3.05, 3.63) is 16.7 Å². The van der Waals surface area contributed by atoms with E-state index >= 15 is 0 Å². The van der Waals surface area contributed by atoms with Crippen molar-refractivity contribution in [1.29, 1.82) is 0 Å². The van der Waals surface area contributed by atoms with E-state index in [0.29, 0.717) is 18.0 Å². The smallest absolute Gasteiger partial charge is 0.282 e. The van der Waals surface area contributed by atoms with E-state index in [2.05, 4.69) is 9.97 Å². The fourth-order valence-corrected chi connectivity index (χ4v) is 2.70. The predicted octanol–water partition coefficient (Wildman–Crippen LogP) is -1.16. The van der Waals surface area contributed by atoms with E-state index in [9.17, 15) is 15.0 Å². The normalized spacial score (nSPS) is 25.0. The molecular weight excluding hydrogens is 290 g/mol. The number of imidazole rings is 1. The van der Waals surface area contributed by atoms with Crippen LogP contribution in [0.15, 0.2) is 11.1 Å². The molecule has 120 valence electrons. The Morgan fingerprint density at radius 3 is 2.82 bits per heavy atom. The van der Waals surface area contributed by atoms with Gasteiger partial charge >= 0.3 is 0 Å². The van der Waals surface area contributed by atoms with Crippen molar-refractivity contribution >= 4 is 17.1 Å². The van der Waals surface area contributed by atoms with Gasteiger partial charge in [-0.25, -0.2) is 4.98 Å². The maximum Gasteiger partial charge on any atom is 0.282 e. The summed E-state index contributed by atoms with van der Waals surface area (Å²) in [6, 6.07) is 0. The second-order valence-electron chi connectivity index (χ2n) is 5.61. The van der Waals surface area contributed by atoms with E-state index in [1.807, 2.05) is 0 Å². The summed E-state index contributed by atoms with van der Waals surface area (Å²) >= 11 is 0. The van der Waals surface area contributed by atoms with Gasteiger partial charge in [-0.2, -0.15) is 4.98 Å². The highest BCUT2D eigenvalue weighted by atomic mass is 16.5. The second kappa shape index (κ2) is 5.34. The molecule has 1 fully saturated rings. The van der Waals surface area contributed by atoms with Crippen LogP contribution in [-0.4, -0.2) is 62.2 Å². The standard InChI is InChI=1S/C13H19N5O4/c1-16(2)13-15-11-10(12(21)17(13)3)14-6-18(11)9-4-7(20)8(5-19)22-9/h6-9,19-20H,4-5H2,1-3H3/t7-,8+,9+/m0/s1. The first-order valence-corrected chi connectivity index (χ1v) is 6.99. The van der Waals surface area contributed by atoms with Crippen LogP contribution in [0, 0.1) is 0 Å². The predicted molar refractivity (Wildman–Crippen MR) is 78.7 cm³/mol. The molecule has 3 heterocycles. The van der Waals surface area contributed by atoms with Gasteiger partial charge in [0, 0.05) is 27.6 Å². The van der Waals surface area contributed by atoms with E-state index in [0.717, 1.165) is 0 Å². The zero-order chi connectivity index (χ0) is 16.0. The van der Waals surface area contributed by atoms with Crippen molar-refractivity contribution in [2.24, 2.45) is 7.05 Å². The van der Waals surface area contributed by atoms with E-state index in [-0.39, 0.29) is 17.7 Å². The molecular formula is C13H19N5O4. The van der Waals surface area contributed by atoms with Crippen molar-refractivity contribution in [1.82, 2.24) is 19.1 Å². The van der Waals surface area contributed by atoms with Crippen molar-refractivity contribution in [2.45, 2.75) is 24.9 Å². The van der Waals surface area contributed by atoms with Crippen LogP contribution in [0.3, 0.4) is 0 Å². The van der Waals surface area contributed by atoms with Crippen LogP contribution in [0.25, 0.3) is 11.2 Å². The molecule has 1 aliphatic rings. The lowest BCUT2D eigenvalue weighted by Gasteiger charge is -2.17. The van der Waals surface area contributed by atoms with Gasteiger partial charge in [-0.05, 0) is 0 Å². The Balaban J connectivity index is 2.11. The van der Waals surface area contributed by atoms with Crippen LogP contribution in [0.4, 0.5) is 5.95 Å². The average molecular weight is 309 g/mol. The van der Waals surface area contributed by atoms with Crippen LogP contribution >= 0.6 is 0 Å². The molecule has 0 radical (unpaired) electrons. The Hall–Kier alpha value is -1.97. The van der Waals surface area contributed by atoms with Gasteiger partial charge in [0.15, 0.2) is 11.2 Å². The van der Waals surface area contributed by atoms with E-state index in [4.69, 9.17) is 4.74 Å². The number of aliphatic hydroxyl groups excluding tert-OH is 2. The van der Waals surface area contributed by atoms with Gasteiger partial charge in [0.05, 0.1) is 19.0 Å². The molecule has 9 nitrogen and oxygen atoms in total. The van der Waals surface area contributed by atoms with Crippen LogP contribution in [0.2, 0.25) is 0 Å². The summed E-state index contributed by atoms with van der Waals surface area (Å²) in [5.41, 5.74) is 0.408. The molecule has 3 atom stereocenters. The molecule has 2 aromatic rings. The maximum atomic E-state index is 12.4. The van der Waals surface area contributed by atoms with Crippen LogP contribution in [0.1, 0.15) is 12.6 Å². The number of aliphatic hydroxyl groups is 2. The Kier molecular flexibility index (Phi) is 3.63. The molecule has 0 saturated carbocycles. The third-order valence-electron chi connectivity index (χ3n) is 3.88. The molecule has 22 heavy (non-hydrogen) atoms. The van der Waals surface area contributed by atoms with Crippen molar-refractivity contribution in [2.75, 3.05) is 25.6 Å². The van der Waals surface area contributed by atoms with E-state index < -0.39 is 18.4 Å². The highest BCUT2D eigenvalue weighted by molar-refractivity contribution is 5.71. The summed E-state index contributed by atoms with van der Waals surface area (Å²) in [7, 11) is 5.23. The number of hydrogen-bond donors (Lipinski definition) is 2. The zero-order valence-electron chi connectivity index (χ0n) is 12.7. The molecule has 3 rings (SSSR count). The topological polar surface area (TPSA) is 106 Å². The Morgan fingerprint density at radius 1 is 1.50 bits per heavy atom. The molecule has 0 unspecified atom stereocenters. The summed E-state index contributed by atoms with van der Waals surface area (Å²) in [6.07, 6.45) is -0.109. The molecule has 1 aliphatic heterocycles. The SMILES string of the molecule is CN(C)c1nc2c(ncn2[C@H]2C[C@H](O)[C@@H](CO)O2)c(=O)n1C. The molecule has 0 aromatic carbocycles. The third kappa shape index (κ3) is 2.18. The van der Waals surface area contributed by atoms with Crippen molar-refractivity contribution in [3.63, 3.8) is 0 Å². The summed E-state index contributed by atoms with van der Waals surface area (Å²) in [5.74, 6) is 0.497. The summed E-state index contributed by atoms with van der Waals surface area (Å²) < 4.78 is 8.67. The van der Waals surface area contributed by atoms with Crippen LogP contribution in [-0.2, 0) is 11.8 Å². The lowest BCUT2D eigenvalue weighted by molar-refractivity contribution is -0.0432. The summed E-state index contributed by atoms with van der Waals surface area (Å²) in [4.78, 5) is 22.7. The first kappa shape index (κ1) is 14.9. The second-order valence-corrected chi connectivity index (χ2v) is 5.61. The molecule has 1 saturated heterocycles. The Labute approximate surface area is 126 Å². The molecule has 2 aromatic heterocycles. The summed E-state index contributed by atoms with van der Waals surface area (Å²) in [5, 5.41) is 19.0. The molecule has 9 heteroatoms. The third-order valence-corrected chi connectivity index (χ3v) is 3.88. The minimum atomic E-state index is -0.757. The van der Waals surface area contributed by atoms with Crippen LogP contribution < -0.4 is 10.5 Å². The monoisotopic (exact) mass is 309 g/mol. The molecule has 2 N–H and O–H groups in total. The van der Waals surface area contributed by atoms with E-state index in [1.54, 1.807) is 30.6 Å². The van der Waals surface area contributed by atoms with Crippen LogP contribution in [0.5, 0.6) is 0 Å². The number of ether oxygens (including phenoxy) is 1. The van der Waals surface area contributed by atoms with Gasteiger partial charge in [0.25, 0.3) is 5.56 Å². The van der Waals surface area contributed by atoms with Gasteiger partial charge in [-0.1, -0.05) is 0 Å². The average Bonchev–Trinajstić information content (AvgIpc) is 3.05. The number of nitrogens with zero attached hydrogens (tertiary/aromatic N) is 5. The van der Waals surface area contributed by atoms with E-state index in [1.165, 1.54) is 10.9 Å². The lowest BCUT2D eigenvalue weighted by atomic mass is 10.2. The quantitative estimate of drug-likeness (QED) is 0.736. The Morgan fingerprint density at radius 2 is 2.23 bits per heavy atom. The number of anilines is 1. The van der Waals surface area contributed by atoms with Gasteiger partial charge in [0.2, 0.25) is 5.95 Å². The molecule has 0 spiro atoms. The van der Waals surface area contributed by atoms with Gasteiger partial charge < -0.3 is 19.8 Å². The van der Waals surface area contributed by atoms with Crippen molar-refractivity contribution < 1.29 is 14.9 Å². The van der Waals surface area contributed by atoms with Gasteiger partial charge in [-0.15, -0.1) is 0 Å². The minimum Gasteiger partial charge on any atom is -0.394 e. The number of fused-ring (bicyclic) bond motifs is 1. The molecule has 0 bridgehead atoms. The minimum absolute atomic E-state index is 0.246. The molecule has 0 amide bonds. The first-order chi connectivity index (χ1) is 10.4. The lowest BCUT2D eigenvalue weighted by Crippen LogP contribution is -2.27. The maximum absolute atomic E-state index is 12.4. The number of hydrogen-bond acceptors (Lipinski definition) is 7. The Bertz CT molecular complexity index is 753. The zero-order valence-corrected chi connectivity index (χ0v) is 12.7. The fraction of sp³-hybridized carbons (Fsp3) is 0.615. The van der Waals surface area contributed by atoms with Crippen molar-refractivity contribution in [3.8, 4) is 0 Å². The highest BCUT2D eigenvalue weighted by Crippen LogP contribution is 2.30. The fourth-order valence-electron chi connectivity index (χ4n) is 2.70. The number of rotatable bonds is 3.